The summed E-state index contributed by atoms with van der Waals surface area (Å²) >= 11 is 0. The number of aldehydes is 1. The molecule has 0 aromatic heterocycles. The van der Waals surface area contributed by atoms with E-state index in [-0.39, 0.29) is 23.9 Å². The zero-order valence-corrected chi connectivity index (χ0v) is 9.86. The van der Waals surface area contributed by atoms with Gasteiger partial charge in [0, 0.05) is 29.5 Å². The average molecular weight is 265 g/mol. The first-order chi connectivity index (χ1) is 5.24. The molecule has 0 amide bonds. The molecule has 1 aromatic rings. The summed E-state index contributed by atoms with van der Waals surface area (Å²) in [5, 5.41) is 0. The van der Waals surface area contributed by atoms with Crippen molar-refractivity contribution >= 4 is 35.8 Å². The van der Waals surface area contributed by atoms with E-state index in [1.807, 2.05) is 19.1 Å². The van der Waals surface area contributed by atoms with E-state index >= 15 is 0 Å². The van der Waals surface area contributed by atoms with Crippen LogP contribution in [0.15, 0.2) is 30.8 Å². The third-order valence-corrected chi connectivity index (χ3v) is 1.54. The van der Waals surface area contributed by atoms with Crippen LogP contribution >= 0.6 is 0 Å². The van der Waals surface area contributed by atoms with Crippen molar-refractivity contribution in [2.24, 2.45) is 0 Å². The van der Waals surface area contributed by atoms with Gasteiger partial charge in [-0.1, -0.05) is 36.4 Å². The first kappa shape index (κ1) is 11.4. The van der Waals surface area contributed by atoms with Gasteiger partial charge in [0.1, 0.15) is 6.29 Å². The Morgan fingerprint density at radius 1 is 1.33 bits per heavy atom. The van der Waals surface area contributed by atoms with E-state index in [1.165, 1.54) is 0 Å². The van der Waals surface area contributed by atoms with Crippen LogP contribution in [0.5, 0.6) is 0 Å². The van der Waals surface area contributed by atoms with Crippen molar-refractivity contribution in [1.29, 1.82) is 0 Å². The van der Waals surface area contributed by atoms with Gasteiger partial charge in [0.25, 0.3) is 0 Å². The third kappa shape index (κ3) is 2.81. The number of hydrogen-bond donors (Lipinski definition) is 0. The van der Waals surface area contributed by atoms with E-state index in [2.05, 4.69) is 6.58 Å². The number of allylic oxidation sites excluding steroid dienone is 1. The topological polar surface area (TPSA) is 17.1 Å². The van der Waals surface area contributed by atoms with Gasteiger partial charge in [0.2, 0.25) is 0 Å². The molecule has 0 aliphatic carbocycles. The van der Waals surface area contributed by atoms with E-state index in [0.717, 1.165) is 17.4 Å². The Morgan fingerprint density at radius 2 is 1.83 bits per heavy atom. The Kier molecular flexibility index (Phi) is 4.90. The van der Waals surface area contributed by atoms with Gasteiger partial charge in [0.15, 0.2) is 0 Å². The van der Waals surface area contributed by atoms with Crippen molar-refractivity contribution in [3.8, 4) is 0 Å². The number of hydrogen-bond acceptors (Lipinski definition) is 1. The zero-order chi connectivity index (χ0) is 8.27. The molecule has 0 N–H and O–H groups in total. The fourth-order valence-electron chi connectivity index (χ4n) is 0.846. The van der Waals surface area contributed by atoms with Gasteiger partial charge in [-0.25, -0.2) is 0 Å². The molecule has 0 atom stereocenters. The van der Waals surface area contributed by atoms with Crippen LogP contribution in [0.4, 0.5) is 0 Å². The Labute approximate surface area is 89.4 Å². The summed E-state index contributed by atoms with van der Waals surface area (Å²) in [6.45, 7) is 5.73. The van der Waals surface area contributed by atoms with Gasteiger partial charge in [-0.05, 0) is 12.5 Å². The molecular weight excluding hydrogens is 255 g/mol. The van der Waals surface area contributed by atoms with Crippen molar-refractivity contribution in [3.05, 3.63) is 42.0 Å². The minimum atomic E-state index is 0. The Hall–Kier alpha value is -0.571. The number of rotatable bonds is 2. The van der Waals surface area contributed by atoms with Crippen molar-refractivity contribution in [2.45, 2.75) is 6.92 Å². The van der Waals surface area contributed by atoms with Gasteiger partial charge < -0.3 is 0 Å². The van der Waals surface area contributed by atoms with Gasteiger partial charge in [-0.2, -0.15) is 0 Å². The monoisotopic (exact) mass is 266 g/mol. The van der Waals surface area contributed by atoms with E-state index < -0.39 is 0 Å². The molecule has 0 unspecified atom stereocenters. The Bertz CT molecular complexity index is 274. The quantitative estimate of drug-likeness (QED) is 0.591. The number of carbonyl (C=O) groups excluding carboxylic acids is 1. The van der Waals surface area contributed by atoms with Crippen LogP contribution in [-0.4, -0.2) is 30.2 Å². The molecular formula is C10H10OSn. The summed E-state index contributed by atoms with van der Waals surface area (Å²) in [6.07, 6.45) is 0.836. The number of carbonyl (C=O) groups is 1. The van der Waals surface area contributed by atoms with E-state index in [9.17, 15) is 4.79 Å². The average Bonchev–Trinajstić information content (AvgIpc) is 2.05. The maximum atomic E-state index is 10.3. The van der Waals surface area contributed by atoms with E-state index in [4.69, 9.17) is 0 Å². The molecule has 1 rings (SSSR count). The predicted octanol–water partition coefficient (Wildman–Crippen LogP) is 2.15. The van der Waals surface area contributed by atoms with Gasteiger partial charge in [-0.3, -0.25) is 4.79 Å². The van der Waals surface area contributed by atoms with Crippen LogP contribution in [0.25, 0.3) is 5.57 Å². The normalized spacial score (nSPS) is 8.42. The second kappa shape index (κ2) is 5.14. The molecule has 0 aliphatic heterocycles. The molecule has 2 heteroatoms. The van der Waals surface area contributed by atoms with Crippen molar-refractivity contribution in [3.63, 3.8) is 0 Å². The molecule has 1 nitrogen and oxygen atoms in total. The van der Waals surface area contributed by atoms with E-state index in [1.54, 1.807) is 12.1 Å². The van der Waals surface area contributed by atoms with Crippen LogP contribution in [0.1, 0.15) is 22.8 Å². The Morgan fingerprint density at radius 3 is 2.17 bits per heavy atom. The number of benzene rings is 1. The molecule has 0 saturated heterocycles. The fourth-order valence-corrected chi connectivity index (χ4v) is 0.846. The summed E-state index contributed by atoms with van der Waals surface area (Å²) in [5.74, 6) is 0. The minimum absolute atomic E-state index is 0. The van der Waals surface area contributed by atoms with Gasteiger partial charge in [-0.15, -0.1) is 0 Å². The SMILES string of the molecule is C=C(C)c1ccc(C=O)cc1.[Sn]. The van der Waals surface area contributed by atoms with Crippen LogP contribution in [0, 0.1) is 0 Å². The largest absolute Gasteiger partial charge is 0.298 e. The van der Waals surface area contributed by atoms with Crippen LogP contribution in [0.3, 0.4) is 0 Å². The van der Waals surface area contributed by atoms with Crippen LogP contribution < -0.4 is 0 Å². The molecule has 0 bridgehead atoms. The van der Waals surface area contributed by atoms with E-state index in [0.29, 0.717) is 5.56 Å². The molecule has 12 heavy (non-hydrogen) atoms. The molecule has 0 spiro atoms. The van der Waals surface area contributed by atoms with Crippen molar-refractivity contribution < 1.29 is 4.79 Å². The molecule has 0 aliphatic rings. The molecule has 4 radical (unpaired) electrons. The first-order valence-electron chi connectivity index (χ1n) is 3.45. The van der Waals surface area contributed by atoms with Crippen LogP contribution in [0.2, 0.25) is 0 Å². The molecule has 0 saturated carbocycles. The first-order valence-corrected chi connectivity index (χ1v) is 3.45. The third-order valence-electron chi connectivity index (χ3n) is 1.54. The molecule has 0 heterocycles. The fraction of sp³-hybridized carbons (Fsp3) is 0.100. The molecule has 1 aromatic carbocycles. The summed E-state index contributed by atoms with van der Waals surface area (Å²) in [6, 6.07) is 7.37. The molecule has 0 fully saturated rings. The zero-order valence-electron chi connectivity index (χ0n) is 7.00. The predicted molar refractivity (Wildman–Crippen MR) is 52.3 cm³/mol. The summed E-state index contributed by atoms with van der Waals surface area (Å²) in [4.78, 5) is 10.3. The maximum absolute atomic E-state index is 10.3. The Balaban J connectivity index is 0.00000121. The summed E-state index contributed by atoms with van der Waals surface area (Å²) < 4.78 is 0. The van der Waals surface area contributed by atoms with Gasteiger partial charge in [0.05, 0.1) is 0 Å². The second-order valence-electron chi connectivity index (χ2n) is 2.52. The minimum Gasteiger partial charge on any atom is -0.298 e. The van der Waals surface area contributed by atoms with Crippen molar-refractivity contribution in [2.75, 3.05) is 0 Å². The summed E-state index contributed by atoms with van der Waals surface area (Å²) in [5.41, 5.74) is 2.80. The van der Waals surface area contributed by atoms with Crippen molar-refractivity contribution in [1.82, 2.24) is 0 Å². The standard InChI is InChI=1S/C10H10O.Sn/c1-8(2)10-5-3-9(7-11)4-6-10;/h3-7H,1H2,2H3;. The molecule has 60 valence electrons. The maximum Gasteiger partial charge on any atom is 0.150 e. The van der Waals surface area contributed by atoms with Crippen LogP contribution in [-0.2, 0) is 0 Å². The summed E-state index contributed by atoms with van der Waals surface area (Å²) in [7, 11) is 0. The second-order valence-corrected chi connectivity index (χ2v) is 2.52. The smallest absolute Gasteiger partial charge is 0.150 e. The van der Waals surface area contributed by atoms with Gasteiger partial charge >= 0.3 is 0 Å².